The second-order valence-corrected chi connectivity index (χ2v) is 11.1. The molecule has 2 nitrogen and oxygen atoms in total. The van der Waals surface area contributed by atoms with Gasteiger partial charge < -0.3 is 5.32 Å². The lowest BCUT2D eigenvalue weighted by Gasteiger charge is -2.49. The van der Waals surface area contributed by atoms with Crippen LogP contribution in [0.1, 0.15) is 79.6 Å². The molecule has 0 aliphatic heterocycles. The first-order chi connectivity index (χ1) is 10.0. The van der Waals surface area contributed by atoms with Crippen molar-refractivity contribution in [3.05, 3.63) is 0 Å². The Labute approximate surface area is 135 Å². The maximum atomic E-state index is 13.2. The van der Waals surface area contributed by atoms with Crippen molar-refractivity contribution in [3.63, 3.8) is 0 Å². The van der Waals surface area contributed by atoms with Crippen molar-refractivity contribution in [2.24, 2.45) is 34.0 Å². The van der Waals surface area contributed by atoms with Gasteiger partial charge in [-0.05, 0) is 87.4 Å². The molecule has 0 radical (unpaired) electrons. The first-order valence-electron chi connectivity index (χ1n) is 9.36. The fourth-order valence-electron chi connectivity index (χ4n) is 7.43. The van der Waals surface area contributed by atoms with E-state index in [9.17, 15) is 4.79 Å². The van der Waals surface area contributed by atoms with E-state index in [0.29, 0.717) is 11.3 Å². The van der Waals surface area contributed by atoms with E-state index >= 15 is 0 Å². The molecule has 1 N–H and O–H groups in total. The Morgan fingerprint density at radius 1 is 1.05 bits per heavy atom. The molecule has 4 fully saturated rings. The summed E-state index contributed by atoms with van der Waals surface area (Å²) in [5, 5.41) is 3.47. The molecule has 5 atom stereocenters. The molecule has 2 heteroatoms. The van der Waals surface area contributed by atoms with Crippen LogP contribution in [0.2, 0.25) is 0 Å². The Bertz CT molecular complexity index is 512. The number of rotatable bonds is 3. The normalized spacial score (nSPS) is 45.6. The molecule has 0 aromatic rings. The van der Waals surface area contributed by atoms with Gasteiger partial charge in [-0.25, -0.2) is 0 Å². The largest absolute Gasteiger partial charge is 0.351 e. The van der Waals surface area contributed by atoms with Crippen molar-refractivity contribution < 1.29 is 4.79 Å². The van der Waals surface area contributed by atoms with Gasteiger partial charge in [0.15, 0.2) is 0 Å². The van der Waals surface area contributed by atoms with Crippen molar-refractivity contribution >= 4 is 5.91 Å². The molecular formula is C20H33NO. The highest BCUT2D eigenvalue weighted by Crippen LogP contribution is 2.78. The van der Waals surface area contributed by atoms with Gasteiger partial charge in [0.05, 0.1) is 5.41 Å². The molecular weight excluding hydrogens is 270 g/mol. The van der Waals surface area contributed by atoms with Gasteiger partial charge in [-0.15, -0.1) is 0 Å². The fourth-order valence-corrected chi connectivity index (χ4v) is 7.43. The first kappa shape index (κ1) is 15.0. The van der Waals surface area contributed by atoms with E-state index in [1.807, 2.05) is 0 Å². The zero-order valence-corrected chi connectivity index (χ0v) is 15.1. The van der Waals surface area contributed by atoms with Crippen LogP contribution in [0.5, 0.6) is 0 Å². The smallest absolute Gasteiger partial charge is 0.226 e. The molecule has 0 aromatic heterocycles. The minimum Gasteiger partial charge on any atom is -0.351 e. The number of hydrogen-bond acceptors (Lipinski definition) is 1. The maximum Gasteiger partial charge on any atom is 0.226 e. The standard InChI is InChI=1S/C20H33NO/c1-17(2,3)11-18(4,5)21-16(22)19-8-13-6-14-7-15(10-19)20(14,9-13)12-19/h13-15H,6-12H2,1-5H3,(H,21,22). The number of nitrogens with one attached hydrogen (secondary N) is 1. The third-order valence-electron chi connectivity index (χ3n) is 7.37. The zero-order chi connectivity index (χ0) is 16.0. The van der Waals surface area contributed by atoms with Crippen LogP contribution >= 0.6 is 0 Å². The van der Waals surface area contributed by atoms with Crippen molar-refractivity contribution in [3.8, 4) is 0 Å². The van der Waals surface area contributed by atoms with Crippen LogP contribution in [-0.4, -0.2) is 11.4 Å². The van der Waals surface area contributed by atoms with Crippen LogP contribution in [0, 0.1) is 34.0 Å². The van der Waals surface area contributed by atoms with E-state index in [1.165, 1.54) is 38.5 Å². The third kappa shape index (κ3) is 2.01. The number of carbonyl (C=O) groups excluding carboxylic acids is 1. The average Bonchev–Trinajstić information content (AvgIpc) is 2.62. The molecule has 4 aliphatic carbocycles. The van der Waals surface area contributed by atoms with Gasteiger partial charge in [0, 0.05) is 5.54 Å². The molecule has 4 rings (SSSR count). The molecule has 0 aromatic carbocycles. The molecule has 3 bridgehead atoms. The van der Waals surface area contributed by atoms with Gasteiger partial charge in [-0.1, -0.05) is 20.8 Å². The van der Waals surface area contributed by atoms with Crippen LogP contribution < -0.4 is 5.32 Å². The van der Waals surface area contributed by atoms with Gasteiger partial charge >= 0.3 is 0 Å². The van der Waals surface area contributed by atoms with E-state index in [2.05, 4.69) is 39.9 Å². The summed E-state index contributed by atoms with van der Waals surface area (Å²) < 4.78 is 0. The lowest BCUT2D eigenvalue weighted by molar-refractivity contribution is -0.135. The van der Waals surface area contributed by atoms with E-state index in [1.54, 1.807) is 0 Å². The Morgan fingerprint density at radius 3 is 2.45 bits per heavy atom. The van der Waals surface area contributed by atoms with E-state index in [0.717, 1.165) is 24.2 Å². The Balaban J connectivity index is 1.52. The first-order valence-corrected chi connectivity index (χ1v) is 9.36. The summed E-state index contributed by atoms with van der Waals surface area (Å²) in [4.78, 5) is 13.2. The second-order valence-electron chi connectivity index (χ2n) is 11.1. The lowest BCUT2D eigenvalue weighted by Crippen LogP contribution is -2.52. The maximum absolute atomic E-state index is 13.2. The predicted molar refractivity (Wildman–Crippen MR) is 89.3 cm³/mol. The second kappa shape index (κ2) is 4.11. The Hall–Kier alpha value is -0.530. The van der Waals surface area contributed by atoms with Crippen molar-refractivity contribution in [2.45, 2.75) is 85.1 Å². The quantitative estimate of drug-likeness (QED) is 0.815. The van der Waals surface area contributed by atoms with Crippen molar-refractivity contribution in [1.29, 1.82) is 0 Å². The summed E-state index contributed by atoms with van der Waals surface area (Å²) in [7, 11) is 0. The summed E-state index contributed by atoms with van der Waals surface area (Å²) in [5.74, 6) is 3.09. The minimum absolute atomic E-state index is 0.00596. The van der Waals surface area contributed by atoms with Crippen LogP contribution in [0.15, 0.2) is 0 Å². The molecule has 22 heavy (non-hydrogen) atoms. The molecule has 1 spiro atoms. The zero-order valence-electron chi connectivity index (χ0n) is 15.1. The Kier molecular flexibility index (Phi) is 2.80. The summed E-state index contributed by atoms with van der Waals surface area (Å²) in [6, 6.07) is 0. The highest BCUT2D eigenvalue weighted by Gasteiger charge is 2.72. The number of hydrogen-bond donors (Lipinski definition) is 1. The molecule has 0 saturated heterocycles. The topological polar surface area (TPSA) is 29.1 Å². The van der Waals surface area contributed by atoms with Crippen LogP contribution in [0.4, 0.5) is 0 Å². The van der Waals surface area contributed by atoms with Crippen LogP contribution in [-0.2, 0) is 4.79 Å². The van der Waals surface area contributed by atoms with Crippen molar-refractivity contribution in [2.75, 3.05) is 0 Å². The molecule has 0 heterocycles. The number of fused-ring (bicyclic) bond motifs is 2. The summed E-state index contributed by atoms with van der Waals surface area (Å²) in [6.45, 7) is 11.2. The summed E-state index contributed by atoms with van der Waals surface area (Å²) in [5.41, 5.74) is 0.750. The SMILES string of the molecule is CC(C)(C)CC(C)(C)NC(=O)C12CC3CC4CC(C1)C4(C3)C2. The molecule has 4 aliphatic rings. The van der Waals surface area contributed by atoms with E-state index < -0.39 is 0 Å². The monoisotopic (exact) mass is 303 g/mol. The predicted octanol–water partition coefficient (Wildman–Crippen LogP) is 4.53. The molecule has 5 unspecified atom stereocenters. The van der Waals surface area contributed by atoms with Gasteiger partial charge in [-0.2, -0.15) is 0 Å². The van der Waals surface area contributed by atoms with Gasteiger partial charge in [-0.3, -0.25) is 4.79 Å². The van der Waals surface area contributed by atoms with Gasteiger partial charge in [0.25, 0.3) is 0 Å². The molecule has 4 saturated carbocycles. The third-order valence-corrected chi connectivity index (χ3v) is 7.37. The molecule has 1 amide bonds. The lowest BCUT2D eigenvalue weighted by atomic mass is 9.55. The minimum atomic E-state index is -0.0979. The Morgan fingerprint density at radius 2 is 1.77 bits per heavy atom. The highest BCUT2D eigenvalue weighted by molar-refractivity contribution is 5.84. The average molecular weight is 303 g/mol. The van der Waals surface area contributed by atoms with Crippen LogP contribution in [0.25, 0.3) is 0 Å². The molecule has 124 valence electrons. The summed E-state index contributed by atoms with van der Waals surface area (Å²) in [6.07, 6.45) is 8.92. The van der Waals surface area contributed by atoms with Crippen LogP contribution in [0.3, 0.4) is 0 Å². The van der Waals surface area contributed by atoms with Crippen molar-refractivity contribution in [1.82, 2.24) is 5.32 Å². The highest BCUT2D eigenvalue weighted by atomic mass is 16.2. The number of carbonyl (C=O) groups is 1. The van der Waals surface area contributed by atoms with E-state index in [4.69, 9.17) is 0 Å². The number of amides is 1. The van der Waals surface area contributed by atoms with E-state index in [-0.39, 0.29) is 16.4 Å². The summed E-state index contributed by atoms with van der Waals surface area (Å²) >= 11 is 0. The van der Waals surface area contributed by atoms with Gasteiger partial charge in [0.1, 0.15) is 0 Å². The fraction of sp³-hybridized carbons (Fsp3) is 0.950. The van der Waals surface area contributed by atoms with Gasteiger partial charge in [0.2, 0.25) is 5.91 Å².